The van der Waals surface area contributed by atoms with Crippen LogP contribution in [0.25, 0.3) is 0 Å². The smallest absolute Gasteiger partial charge is 0.270 e. The summed E-state index contributed by atoms with van der Waals surface area (Å²) in [6, 6.07) is 5.55. The highest BCUT2D eigenvalue weighted by molar-refractivity contribution is 6.31. The van der Waals surface area contributed by atoms with Gasteiger partial charge in [-0.15, -0.1) is 0 Å². The molecule has 7 heteroatoms. The van der Waals surface area contributed by atoms with E-state index in [0.29, 0.717) is 33.8 Å². The molecule has 1 heterocycles. The Morgan fingerprint density at radius 2 is 1.89 bits per heavy atom. The molecule has 1 aromatic carbocycles. The highest BCUT2D eigenvalue weighted by Gasteiger charge is 2.18. The number of halogens is 1. The minimum Gasteiger partial charge on any atom is -0.495 e. The minimum atomic E-state index is -0.158. The van der Waals surface area contributed by atoms with E-state index in [1.54, 1.807) is 19.2 Å². The number of nitrogens with one attached hydrogen (secondary N) is 2. The first kappa shape index (κ1) is 19.4. The number of aromatic nitrogens is 2. The fraction of sp³-hybridized carbons (Fsp3) is 0.450. The third-order valence-electron chi connectivity index (χ3n) is 4.75. The van der Waals surface area contributed by atoms with Gasteiger partial charge >= 0.3 is 0 Å². The third kappa shape index (κ3) is 4.89. The molecule has 6 nitrogen and oxygen atoms in total. The second-order valence-electron chi connectivity index (χ2n) is 6.95. The Morgan fingerprint density at radius 3 is 2.59 bits per heavy atom. The number of rotatable bonds is 5. The maximum Gasteiger partial charge on any atom is 0.270 e. The quantitative estimate of drug-likeness (QED) is 0.785. The SMILES string of the molecule is COc1cc(Cl)c(C)cc1Nc1nc(C)cc(C(=O)NC2CCCCC2)n1. The molecule has 0 radical (unpaired) electrons. The van der Waals surface area contributed by atoms with Gasteiger partial charge in [-0.05, 0) is 44.4 Å². The van der Waals surface area contributed by atoms with E-state index in [2.05, 4.69) is 20.6 Å². The first-order valence-corrected chi connectivity index (χ1v) is 9.62. The molecule has 0 aliphatic heterocycles. The summed E-state index contributed by atoms with van der Waals surface area (Å²) in [4.78, 5) is 21.4. The minimum absolute atomic E-state index is 0.158. The maximum absolute atomic E-state index is 12.6. The summed E-state index contributed by atoms with van der Waals surface area (Å²) in [7, 11) is 1.58. The molecule has 1 amide bonds. The molecular formula is C20H25ClN4O2. The van der Waals surface area contributed by atoms with Gasteiger partial charge in [-0.25, -0.2) is 9.97 Å². The number of ether oxygens (including phenoxy) is 1. The molecule has 1 fully saturated rings. The lowest BCUT2D eigenvalue weighted by atomic mass is 9.95. The number of methoxy groups -OCH3 is 1. The lowest BCUT2D eigenvalue weighted by Gasteiger charge is -2.22. The van der Waals surface area contributed by atoms with Gasteiger partial charge in [0, 0.05) is 22.8 Å². The highest BCUT2D eigenvalue weighted by atomic mass is 35.5. The van der Waals surface area contributed by atoms with Crippen molar-refractivity contribution < 1.29 is 9.53 Å². The van der Waals surface area contributed by atoms with Gasteiger partial charge in [-0.3, -0.25) is 4.79 Å². The Hall–Kier alpha value is -2.34. The van der Waals surface area contributed by atoms with Gasteiger partial charge in [0.25, 0.3) is 5.91 Å². The van der Waals surface area contributed by atoms with Crippen LogP contribution in [-0.2, 0) is 0 Å². The van der Waals surface area contributed by atoms with Crippen molar-refractivity contribution in [2.75, 3.05) is 12.4 Å². The number of anilines is 2. The Labute approximate surface area is 164 Å². The summed E-state index contributed by atoms with van der Waals surface area (Å²) in [5.74, 6) is 0.780. The van der Waals surface area contributed by atoms with Crippen molar-refractivity contribution >= 4 is 29.1 Å². The largest absolute Gasteiger partial charge is 0.495 e. The molecule has 1 aliphatic carbocycles. The van der Waals surface area contributed by atoms with E-state index >= 15 is 0 Å². The lowest BCUT2D eigenvalue weighted by molar-refractivity contribution is 0.0922. The molecule has 144 valence electrons. The molecule has 1 aromatic heterocycles. The van der Waals surface area contributed by atoms with Crippen LogP contribution in [0.15, 0.2) is 18.2 Å². The molecule has 0 saturated heterocycles. The summed E-state index contributed by atoms with van der Waals surface area (Å²) < 4.78 is 5.38. The van der Waals surface area contributed by atoms with Gasteiger partial charge in [0.15, 0.2) is 0 Å². The molecule has 3 rings (SSSR count). The van der Waals surface area contributed by atoms with Crippen molar-refractivity contribution in [1.29, 1.82) is 0 Å². The van der Waals surface area contributed by atoms with Crippen LogP contribution in [0.5, 0.6) is 5.75 Å². The van der Waals surface area contributed by atoms with Crippen molar-refractivity contribution in [3.63, 3.8) is 0 Å². The van der Waals surface area contributed by atoms with Crippen LogP contribution in [0.4, 0.5) is 11.6 Å². The standard InChI is InChI=1S/C20H25ClN4O2/c1-12-9-16(18(27-3)11-15(12)21)24-20-22-13(2)10-17(25-20)19(26)23-14-7-5-4-6-8-14/h9-11,14H,4-8H2,1-3H3,(H,23,26)(H,22,24,25). The van der Waals surface area contributed by atoms with Crippen LogP contribution >= 0.6 is 11.6 Å². The van der Waals surface area contributed by atoms with Crippen LogP contribution in [-0.4, -0.2) is 29.0 Å². The molecule has 1 aliphatic rings. The fourth-order valence-electron chi connectivity index (χ4n) is 3.30. The Morgan fingerprint density at radius 1 is 1.15 bits per heavy atom. The predicted octanol–water partition coefficient (Wildman–Crippen LogP) is 4.56. The molecule has 2 N–H and O–H groups in total. The van der Waals surface area contributed by atoms with Crippen molar-refractivity contribution in [3.8, 4) is 5.75 Å². The van der Waals surface area contributed by atoms with E-state index in [1.807, 2.05) is 19.9 Å². The number of amides is 1. The normalized spacial score (nSPS) is 14.7. The van der Waals surface area contributed by atoms with Crippen molar-refractivity contribution in [3.05, 3.63) is 40.2 Å². The van der Waals surface area contributed by atoms with Gasteiger partial charge in [0.1, 0.15) is 11.4 Å². The summed E-state index contributed by atoms with van der Waals surface area (Å²) in [5.41, 5.74) is 2.68. The van der Waals surface area contributed by atoms with E-state index in [1.165, 1.54) is 6.42 Å². The average Bonchev–Trinajstić information content (AvgIpc) is 2.65. The highest BCUT2D eigenvalue weighted by Crippen LogP contribution is 2.32. The Balaban J connectivity index is 1.81. The van der Waals surface area contributed by atoms with Crippen molar-refractivity contribution in [2.45, 2.75) is 52.0 Å². The zero-order chi connectivity index (χ0) is 19.4. The molecular weight excluding hydrogens is 364 g/mol. The lowest BCUT2D eigenvalue weighted by Crippen LogP contribution is -2.36. The maximum atomic E-state index is 12.6. The second-order valence-corrected chi connectivity index (χ2v) is 7.36. The second kappa shape index (κ2) is 8.57. The van der Waals surface area contributed by atoms with Gasteiger partial charge < -0.3 is 15.4 Å². The van der Waals surface area contributed by atoms with E-state index < -0.39 is 0 Å². The number of nitrogens with zero attached hydrogens (tertiary/aromatic N) is 2. The number of aryl methyl sites for hydroxylation is 2. The molecule has 2 aromatic rings. The van der Waals surface area contributed by atoms with Crippen LogP contribution in [0.3, 0.4) is 0 Å². The summed E-state index contributed by atoms with van der Waals surface area (Å²) in [6.45, 7) is 3.75. The van der Waals surface area contributed by atoms with Crippen molar-refractivity contribution in [2.24, 2.45) is 0 Å². The molecule has 0 bridgehead atoms. The van der Waals surface area contributed by atoms with Gasteiger partial charge in [0.2, 0.25) is 5.95 Å². The van der Waals surface area contributed by atoms with E-state index in [0.717, 1.165) is 31.2 Å². The number of benzene rings is 1. The average molecular weight is 389 g/mol. The van der Waals surface area contributed by atoms with Crippen LogP contribution in [0.2, 0.25) is 5.02 Å². The number of carbonyl (C=O) groups is 1. The molecule has 1 saturated carbocycles. The number of hydrogen-bond donors (Lipinski definition) is 2. The van der Waals surface area contributed by atoms with Gasteiger partial charge in [-0.2, -0.15) is 0 Å². The van der Waals surface area contributed by atoms with Crippen molar-refractivity contribution in [1.82, 2.24) is 15.3 Å². The molecule has 0 spiro atoms. The Kier molecular flexibility index (Phi) is 6.16. The first-order valence-electron chi connectivity index (χ1n) is 9.24. The van der Waals surface area contributed by atoms with Crippen LogP contribution < -0.4 is 15.4 Å². The predicted molar refractivity (Wildman–Crippen MR) is 107 cm³/mol. The molecule has 27 heavy (non-hydrogen) atoms. The van der Waals surface area contributed by atoms with E-state index in [-0.39, 0.29) is 11.9 Å². The number of hydrogen-bond acceptors (Lipinski definition) is 5. The number of carbonyl (C=O) groups excluding carboxylic acids is 1. The topological polar surface area (TPSA) is 76.1 Å². The van der Waals surface area contributed by atoms with Gasteiger partial charge in [-0.1, -0.05) is 30.9 Å². The molecule has 0 unspecified atom stereocenters. The van der Waals surface area contributed by atoms with Crippen LogP contribution in [0.1, 0.15) is 53.8 Å². The summed E-state index contributed by atoms with van der Waals surface area (Å²) in [6.07, 6.45) is 5.63. The van der Waals surface area contributed by atoms with Gasteiger partial charge in [0.05, 0.1) is 12.8 Å². The molecule has 0 atom stereocenters. The van der Waals surface area contributed by atoms with E-state index in [9.17, 15) is 4.79 Å². The zero-order valence-corrected chi connectivity index (χ0v) is 16.7. The van der Waals surface area contributed by atoms with E-state index in [4.69, 9.17) is 16.3 Å². The Bertz CT molecular complexity index is 835. The van der Waals surface area contributed by atoms with Crippen LogP contribution in [0, 0.1) is 13.8 Å². The summed E-state index contributed by atoms with van der Waals surface area (Å²) in [5, 5.41) is 6.86. The fourth-order valence-corrected chi connectivity index (χ4v) is 3.45. The monoisotopic (exact) mass is 388 g/mol. The summed E-state index contributed by atoms with van der Waals surface area (Å²) >= 11 is 6.16. The first-order chi connectivity index (χ1) is 13.0. The third-order valence-corrected chi connectivity index (χ3v) is 5.16. The zero-order valence-electron chi connectivity index (χ0n) is 15.9.